The van der Waals surface area contributed by atoms with E-state index in [4.69, 9.17) is 0 Å². The quantitative estimate of drug-likeness (QED) is 0.841. The van der Waals surface area contributed by atoms with Gasteiger partial charge in [0.05, 0.1) is 0 Å². The summed E-state index contributed by atoms with van der Waals surface area (Å²) in [6.07, 6.45) is 0.660. The van der Waals surface area contributed by atoms with Gasteiger partial charge in [-0.1, -0.05) is 24.3 Å². The normalized spacial score (nSPS) is 12.2. The molecule has 0 aromatic heterocycles. The summed E-state index contributed by atoms with van der Waals surface area (Å²) < 4.78 is 14.6. The molecular weight excluding hydrogens is 305 g/mol. The van der Waals surface area contributed by atoms with Crippen LogP contribution in [0.2, 0.25) is 0 Å². The van der Waals surface area contributed by atoms with Crippen molar-refractivity contribution in [2.45, 2.75) is 26.3 Å². The third-order valence-corrected chi connectivity index (χ3v) is 3.67. The molecule has 2 aromatic carbocycles. The molecule has 0 radical (unpaired) electrons. The molecule has 2 rings (SSSR count). The van der Waals surface area contributed by atoms with Crippen LogP contribution in [0.5, 0.6) is 0 Å². The van der Waals surface area contributed by atoms with Crippen LogP contribution in [0.15, 0.2) is 46.9 Å². The first-order chi connectivity index (χ1) is 9.06. The Hall–Kier alpha value is -1.35. The van der Waals surface area contributed by atoms with Crippen LogP contribution in [0, 0.1) is 12.7 Å². The van der Waals surface area contributed by atoms with Gasteiger partial charge in [-0.25, -0.2) is 4.39 Å². The van der Waals surface area contributed by atoms with E-state index in [1.165, 1.54) is 11.6 Å². The molecule has 100 valence electrons. The molecule has 0 aliphatic carbocycles. The van der Waals surface area contributed by atoms with Gasteiger partial charge in [-0.2, -0.15) is 0 Å². The van der Waals surface area contributed by atoms with Crippen LogP contribution in [-0.2, 0) is 6.42 Å². The van der Waals surface area contributed by atoms with Crippen LogP contribution in [0.4, 0.5) is 10.1 Å². The first kappa shape index (κ1) is 14.1. The Bertz CT molecular complexity index is 568. The molecule has 1 nitrogen and oxygen atoms in total. The monoisotopic (exact) mass is 321 g/mol. The molecule has 0 amide bonds. The molecule has 0 aliphatic heterocycles. The first-order valence-corrected chi connectivity index (χ1v) is 7.11. The second kappa shape index (κ2) is 6.20. The zero-order valence-electron chi connectivity index (χ0n) is 11.1. The highest BCUT2D eigenvalue weighted by Gasteiger charge is 2.09. The molecule has 0 saturated heterocycles. The molecule has 0 fully saturated rings. The second-order valence-electron chi connectivity index (χ2n) is 4.82. The number of aryl methyl sites for hydroxylation is 1. The molecular formula is C16H17BrFN. The standard InChI is InChI=1S/C16H17BrFN/c1-11-7-8-16(14(17)9-11)19-12(2)10-13-5-3-4-6-15(13)18/h3-9,12,19H,10H2,1-2H3. The zero-order chi connectivity index (χ0) is 13.8. The van der Waals surface area contributed by atoms with Crippen molar-refractivity contribution in [2.24, 2.45) is 0 Å². The van der Waals surface area contributed by atoms with Crippen molar-refractivity contribution in [3.63, 3.8) is 0 Å². The Kier molecular flexibility index (Phi) is 4.59. The van der Waals surface area contributed by atoms with E-state index in [2.05, 4.69) is 47.2 Å². The number of hydrogen-bond donors (Lipinski definition) is 1. The lowest BCUT2D eigenvalue weighted by Crippen LogP contribution is -2.19. The van der Waals surface area contributed by atoms with E-state index in [1.54, 1.807) is 6.07 Å². The van der Waals surface area contributed by atoms with Gasteiger partial charge in [0.25, 0.3) is 0 Å². The fourth-order valence-corrected chi connectivity index (χ4v) is 2.66. The highest BCUT2D eigenvalue weighted by Crippen LogP contribution is 2.24. The van der Waals surface area contributed by atoms with E-state index in [-0.39, 0.29) is 11.9 Å². The molecule has 0 bridgehead atoms. The summed E-state index contributed by atoms with van der Waals surface area (Å²) in [6, 6.07) is 13.2. The van der Waals surface area contributed by atoms with E-state index in [0.717, 1.165) is 15.7 Å². The van der Waals surface area contributed by atoms with E-state index < -0.39 is 0 Å². The summed E-state index contributed by atoms with van der Waals surface area (Å²) in [6.45, 7) is 4.11. The Morgan fingerprint density at radius 1 is 1.21 bits per heavy atom. The lowest BCUT2D eigenvalue weighted by Gasteiger charge is -2.17. The number of rotatable bonds is 4. The van der Waals surface area contributed by atoms with Crippen molar-refractivity contribution in [1.29, 1.82) is 0 Å². The average molecular weight is 322 g/mol. The van der Waals surface area contributed by atoms with Crippen molar-refractivity contribution in [3.8, 4) is 0 Å². The van der Waals surface area contributed by atoms with Crippen molar-refractivity contribution in [1.82, 2.24) is 0 Å². The maximum absolute atomic E-state index is 13.6. The summed E-state index contributed by atoms with van der Waals surface area (Å²) in [5, 5.41) is 3.40. The van der Waals surface area contributed by atoms with Gasteiger partial charge in [0.1, 0.15) is 5.82 Å². The molecule has 2 aromatic rings. The van der Waals surface area contributed by atoms with Crippen molar-refractivity contribution < 1.29 is 4.39 Å². The minimum Gasteiger partial charge on any atom is -0.381 e. The molecule has 1 N–H and O–H groups in total. The third-order valence-electron chi connectivity index (χ3n) is 3.01. The topological polar surface area (TPSA) is 12.0 Å². The fraction of sp³-hybridized carbons (Fsp3) is 0.250. The lowest BCUT2D eigenvalue weighted by atomic mass is 10.1. The van der Waals surface area contributed by atoms with Crippen LogP contribution >= 0.6 is 15.9 Å². The average Bonchev–Trinajstić information content (AvgIpc) is 2.36. The molecule has 3 heteroatoms. The Morgan fingerprint density at radius 3 is 2.63 bits per heavy atom. The largest absolute Gasteiger partial charge is 0.381 e. The van der Waals surface area contributed by atoms with E-state index in [1.807, 2.05) is 18.2 Å². The van der Waals surface area contributed by atoms with Gasteiger partial charge in [0, 0.05) is 16.2 Å². The van der Waals surface area contributed by atoms with E-state index >= 15 is 0 Å². The van der Waals surface area contributed by atoms with Crippen LogP contribution in [-0.4, -0.2) is 6.04 Å². The molecule has 1 atom stereocenters. The minimum absolute atomic E-state index is 0.140. The van der Waals surface area contributed by atoms with E-state index in [0.29, 0.717) is 6.42 Å². The second-order valence-corrected chi connectivity index (χ2v) is 5.68. The minimum atomic E-state index is -0.140. The van der Waals surface area contributed by atoms with Crippen molar-refractivity contribution >= 4 is 21.6 Å². The number of halogens is 2. The third kappa shape index (κ3) is 3.80. The smallest absolute Gasteiger partial charge is 0.126 e. The van der Waals surface area contributed by atoms with Crippen LogP contribution in [0.3, 0.4) is 0 Å². The Balaban J connectivity index is 2.05. The maximum Gasteiger partial charge on any atom is 0.126 e. The number of anilines is 1. The number of hydrogen-bond acceptors (Lipinski definition) is 1. The van der Waals surface area contributed by atoms with Crippen LogP contribution < -0.4 is 5.32 Å². The maximum atomic E-state index is 13.6. The van der Waals surface area contributed by atoms with E-state index in [9.17, 15) is 4.39 Å². The van der Waals surface area contributed by atoms with Gasteiger partial charge in [-0.15, -0.1) is 0 Å². The summed E-state index contributed by atoms with van der Waals surface area (Å²) in [4.78, 5) is 0. The summed E-state index contributed by atoms with van der Waals surface area (Å²) in [5.41, 5.74) is 2.99. The lowest BCUT2D eigenvalue weighted by molar-refractivity contribution is 0.601. The van der Waals surface area contributed by atoms with Gasteiger partial charge in [0.15, 0.2) is 0 Å². The highest BCUT2D eigenvalue weighted by molar-refractivity contribution is 9.10. The van der Waals surface area contributed by atoms with Gasteiger partial charge in [-0.3, -0.25) is 0 Å². The fourth-order valence-electron chi connectivity index (χ4n) is 2.05. The summed E-state index contributed by atoms with van der Waals surface area (Å²) >= 11 is 3.54. The van der Waals surface area contributed by atoms with Crippen molar-refractivity contribution in [2.75, 3.05) is 5.32 Å². The van der Waals surface area contributed by atoms with Crippen molar-refractivity contribution in [3.05, 3.63) is 63.9 Å². The summed E-state index contributed by atoms with van der Waals surface area (Å²) in [7, 11) is 0. The molecule has 0 heterocycles. The molecule has 0 aliphatic rings. The molecule has 0 spiro atoms. The zero-order valence-corrected chi connectivity index (χ0v) is 12.7. The van der Waals surface area contributed by atoms with Crippen LogP contribution in [0.1, 0.15) is 18.1 Å². The highest BCUT2D eigenvalue weighted by atomic mass is 79.9. The molecule has 19 heavy (non-hydrogen) atoms. The number of benzene rings is 2. The first-order valence-electron chi connectivity index (χ1n) is 6.32. The van der Waals surface area contributed by atoms with Gasteiger partial charge in [0.2, 0.25) is 0 Å². The molecule has 0 saturated carbocycles. The Morgan fingerprint density at radius 2 is 1.95 bits per heavy atom. The predicted octanol–water partition coefficient (Wildman–Crippen LogP) is 4.94. The van der Waals surface area contributed by atoms with Gasteiger partial charge in [-0.05, 0) is 65.5 Å². The predicted molar refractivity (Wildman–Crippen MR) is 82.1 cm³/mol. The number of nitrogens with one attached hydrogen (secondary N) is 1. The Labute approximate surface area is 122 Å². The van der Waals surface area contributed by atoms with Crippen LogP contribution in [0.25, 0.3) is 0 Å². The summed E-state index contributed by atoms with van der Waals surface area (Å²) in [5.74, 6) is -0.140. The SMILES string of the molecule is Cc1ccc(NC(C)Cc2ccccc2F)c(Br)c1. The van der Waals surface area contributed by atoms with Gasteiger partial charge >= 0.3 is 0 Å². The molecule has 1 unspecified atom stereocenters. The van der Waals surface area contributed by atoms with Gasteiger partial charge < -0.3 is 5.32 Å².